The van der Waals surface area contributed by atoms with Crippen molar-refractivity contribution in [3.05, 3.63) is 35.4 Å². The van der Waals surface area contributed by atoms with Gasteiger partial charge in [-0.3, -0.25) is 4.98 Å². The Hall–Kier alpha value is -1.39. The molecular weight excluding hydrogens is 200 g/mol. The molecule has 0 aromatic carbocycles. The maximum absolute atomic E-state index is 5.85. The Kier molecular flexibility index (Phi) is 2.47. The second-order valence-corrected chi connectivity index (χ2v) is 3.16. The highest BCUT2D eigenvalue weighted by Gasteiger charge is 2.07. The molecule has 0 aliphatic rings. The van der Waals surface area contributed by atoms with Gasteiger partial charge in [0.15, 0.2) is 5.15 Å². The molecule has 14 heavy (non-hydrogen) atoms. The first-order chi connectivity index (χ1) is 6.81. The highest BCUT2D eigenvalue weighted by molar-refractivity contribution is 6.30. The first-order valence-electron chi connectivity index (χ1n) is 4.16. The maximum atomic E-state index is 5.85. The highest BCUT2D eigenvalue weighted by Crippen LogP contribution is 2.19. The molecule has 0 spiro atoms. The predicted molar refractivity (Wildman–Crippen MR) is 54.7 cm³/mol. The van der Waals surface area contributed by atoms with Gasteiger partial charge >= 0.3 is 0 Å². The van der Waals surface area contributed by atoms with Crippen LogP contribution in [0.15, 0.2) is 24.5 Å². The quantitative estimate of drug-likeness (QED) is 0.788. The van der Waals surface area contributed by atoms with Gasteiger partial charge in [-0.1, -0.05) is 11.6 Å². The van der Waals surface area contributed by atoms with E-state index >= 15 is 0 Å². The van der Waals surface area contributed by atoms with Crippen molar-refractivity contribution in [3.63, 3.8) is 0 Å². The zero-order chi connectivity index (χ0) is 9.97. The van der Waals surface area contributed by atoms with Crippen LogP contribution in [0.2, 0.25) is 5.15 Å². The lowest BCUT2D eigenvalue weighted by Crippen LogP contribution is -1.96. The van der Waals surface area contributed by atoms with E-state index < -0.39 is 0 Å². The minimum Gasteiger partial charge on any atom is -0.339 e. The lowest BCUT2D eigenvalue weighted by Gasteiger charge is -1.93. The summed E-state index contributed by atoms with van der Waals surface area (Å²) < 4.78 is 0. The monoisotopic (exact) mass is 208 g/mol. The number of imidazole rings is 1. The normalized spacial score (nSPS) is 10.4. The molecule has 2 aromatic heterocycles. The molecule has 0 fully saturated rings. The van der Waals surface area contributed by atoms with Gasteiger partial charge in [-0.15, -0.1) is 0 Å². The molecule has 0 bridgehead atoms. The molecule has 0 saturated heterocycles. The van der Waals surface area contributed by atoms with Crippen molar-refractivity contribution >= 4 is 11.6 Å². The third kappa shape index (κ3) is 1.62. The summed E-state index contributed by atoms with van der Waals surface area (Å²) in [6.07, 6.45) is 3.42. The van der Waals surface area contributed by atoms with Gasteiger partial charge in [-0.05, 0) is 12.1 Å². The number of hydrogen-bond donors (Lipinski definition) is 2. The number of halogens is 1. The number of pyridine rings is 1. The molecule has 3 N–H and O–H groups in total. The zero-order valence-electron chi connectivity index (χ0n) is 7.37. The van der Waals surface area contributed by atoms with Crippen molar-refractivity contribution in [1.82, 2.24) is 15.0 Å². The number of hydrogen-bond acceptors (Lipinski definition) is 3. The van der Waals surface area contributed by atoms with E-state index in [-0.39, 0.29) is 0 Å². The largest absolute Gasteiger partial charge is 0.339 e. The lowest BCUT2D eigenvalue weighted by atomic mass is 10.3. The van der Waals surface area contributed by atoms with Crippen LogP contribution < -0.4 is 5.73 Å². The number of aromatic amines is 1. The van der Waals surface area contributed by atoms with E-state index in [0.29, 0.717) is 17.5 Å². The second kappa shape index (κ2) is 3.77. The van der Waals surface area contributed by atoms with E-state index in [0.717, 1.165) is 11.3 Å². The second-order valence-electron chi connectivity index (χ2n) is 2.80. The van der Waals surface area contributed by atoms with E-state index in [9.17, 15) is 0 Å². The van der Waals surface area contributed by atoms with Crippen LogP contribution in [0.5, 0.6) is 0 Å². The van der Waals surface area contributed by atoms with Crippen molar-refractivity contribution in [3.8, 4) is 11.4 Å². The van der Waals surface area contributed by atoms with Gasteiger partial charge in [0.1, 0.15) is 5.82 Å². The average molecular weight is 209 g/mol. The summed E-state index contributed by atoms with van der Waals surface area (Å²) >= 11 is 5.85. The smallest absolute Gasteiger partial charge is 0.152 e. The van der Waals surface area contributed by atoms with Gasteiger partial charge in [-0.25, -0.2) is 4.98 Å². The van der Waals surface area contributed by atoms with Crippen molar-refractivity contribution < 1.29 is 0 Å². The van der Waals surface area contributed by atoms with Crippen LogP contribution in [0.3, 0.4) is 0 Å². The molecular formula is C9H9ClN4. The summed E-state index contributed by atoms with van der Waals surface area (Å²) in [6, 6.07) is 3.75. The number of nitrogens with two attached hydrogens (primary N) is 1. The summed E-state index contributed by atoms with van der Waals surface area (Å²) in [5.41, 5.74) is 7.11. The molecule has 4 nitrogen and oxygen atoms in total. The van der Waals surface area contributed by atoms with Gasteiger partial charge in [0, 0.05) is 24.5 Å². The van der Waals surface area contributed by atoms with Crippen molar-refractivity contribution in [2.75, 3.05) is 0 Å². The number of H-pyrrole nitrogens is 1. The van der Waals surface area contributed by atoms with Crippen LogP contribution >= 0.6 is 11.6 Å². The predicted octanol–water partition coefficient (Wildman–Crippen LogP) is 1.58. The molecule has 2 heterocycles. The fourth-order valence-corrected chi connectivity index (χ4v) is 1.37. The van der Waals surface area contributed by atoms with Crippen molar-refractivity contribution in [2.24, 2.45) is 5.73 Å². The molecule has 0 aliphatic heterocycles. The Morgan fingerprint density at radius 2 is 2.36 bits per heavy atom. The molecule has 0 amide bonds. The summed E-state index contributed by atoms with van der Waals surface area (Å²) in [5.74, 6) is 0.698. The lowest BCUT2D eigenvalue weighted by molar-refractivity contribution is 1.01. The van der Waals surface area contributed by atoms with E-state index in [4.69, 9.17) is 17.3 Å². The first-order valence-corrected chi connectivity index (χ1v) is 4.54. The summed E-state index contributed by atoms with van der Waals surface area (Å²) in [5, 5.41) is 0.423. The van der Waals surface area contributed by atoms with Crippen LogP contribution in [0.1, 0.15) is 5.69 Å². The standard InChI is InChI=1S/C9H9ClN4/c10-8-7(4-11)13-9(14-8)6-2-1-3-12-5-6/h1-3,5H,4,11H2,(H,13,14). The van der Waals surface area contributed by atoms with Crippen LogP contribution in [-0.4, -0.2) is 15.0 Å². The number of nitrogens with zero attached hydrogens (tertiary/aromatic N) is 2. The average Bonchev–Trinajstić information content (AvgIpc) is 2.61. The van der Waals surface area contributed by atoms with Crippen molar-refractivity contribution in [1.29, 1.82) is 0 Å². The maximum Gasteiger partial charge on any atom is 0.152 e. The fourth-order valence-electron chi connectivity index (χ4n) is 1.16. The topological polar surface area (TPSA) is 67.6 Å². The van der Waals surface area contributed by atoms with Crippen LogP contribution in [0.4, 0.5) is 0 Å². The Labute approximate surface area is 86.1 Å². The van der Waals surface area contributed by atoms with E-state index in [1.54, 1.807) is 12.4 Å². The van der Waals surface area contributed by atoms with Crippen LogP contribution in [0.25, 0.3) is 11.4 Å². The number of nitrogens with one attached hydrogen (secondary N) is 1. The molecule has 0 aliphatic carbocycles. The summed E-state index contributed by atoms with van der Waals surface area (Å²) in [7, 11) is 0. The Morgan fingerprint density at radius 3 is 2.93 bits per heavy atom. The minimum atomic E-state index is 0.353. The molecule has 0 radical (unpaired) electrons. The molecule has 0 saturated carbocycles. The number of aromatic nitrogens is 3. The van der Waals surface area contributed by atoms with E-state index in [1.807, 2.05) is 12.1 Å². The number of rotatable bonds is 2. The van der Waals surface area contributed by atoms with Gasteiger partial charge in [0.2, 0.25) is 0 Å². The third-order valence-corrected chi connectivity index (χ3v) is 2.18. The van der Waals surface area contributed by atoms with Crippen molar-refractivity contribution in [2.45, 2.75) is 6.54 Å². The third-order valence-electron chi connectivity index (χ3n) is 1.87. The van der Waals surface area contributed by atoms with Gasteiger partial charge in [0.05, 0.1) is 5.69 Å². The molecule has 0 atom stereocenters. The Balaban J connectivity index is 2.43. The Bertz CT molecular complexity index is 424. The fraction of sp³-hybridized carbons (Fsp3) is 0.111. The van der Waals surface area contributed by atoms with Crippen LogP contribution in [0, 0.1) is 0 Å². The Morgan fingerprint density at radius 1 is 1.50 bits per heavy atom. The molecule has 5 heteroatoms. The van der Waals surface area contributed by atoms with E-state index in [1.165, 1.54) is 0 Å². The first kappa shape index (κ1) is 9.18. The minimum absolute atomic E-state index is 0.353. The summed E-state index contributed by atoms with van der Waals surface area (Å²) in [6.45, 7) is 0.353. The van der Waals surface area contributed by atoms with Gasteiger partial charge in [-0.2, -0.15) is 0 Å². The molecule has 2 rings (SSSR count). The molecule has 2 aromatic rings. The molecule has 72 valence electrons. The van der Waals surface area contributed by atoms with Crippen LogP contribution in [-0.2, 0) is 6.54 Å². The van der Waals surface area contributed by atoms with E-state index in [2.05, 4.69) is 15.0 Å². The zero-order valence-corrected chi connectivity index (χ0v) is 8.12. The molecule has 0 unspecified atom stereocenters. The van der Waals surface area contributed by atoms with Gasteiger partial charge < -0.3 is 10.7 Å². The highest BCUT2D eigenvalue weighted by atomic mass is 35.5. The van der Waals surface area contributed by atoms with Gasteiger partial charge in [0.25, 0.3) is 0 Å². The SMILES string of the molecule is NCc1[nH]c(-c2cccnc2)nc1Cl. The summed E-state index contributed by atoms with van der Waals surface area (Å²) in [4.78, 5) is 11.2.